The predicted molar refractivity (Wildman–Crippen MR) is 95.1 cm³/mol. The van der Waals surface area contributed by atoms with Gasteiger partial charge in [-0.3, -0.25) is 9.69 Å². The third-order valence-electron chi connectivity index (χ3n) is 5.00. The summed E-state index contributed by atoms with van der Waals surface area (Å²) in [7, 11) is 2.00. The molecule has 1 aliphatic heterocycles. The first-order valence-electron chi connectivity index (χ1n) is 8.94. The fraction of sp³-hybridized carbons (Fsp3) is 0.526. The Hall–Kier alpha value is -2.21. The summed E-state index contributed by atoms with van der Waals surface area (Å²) < 4.78 is 5.09. The lowest BCUT2D eigenvalue weighted by Crippen LogP contribution is -2.45. The number of hydrogen-bond acceptors (Lipinski definition) is 5. The molecule has 1 aromatic carbocycles. The van der Waals surface area contributed by atoms with Crippen LogP contribution >= 0.6 is 0 Å². The molecule has 6 heteroatoms. The normalized spacial score (nSPS) is 17.0. The SMILES string of the molecule is CCN(C)[C@@H](C(=O)N1CCC(c2noc(C)n2)CC1)c1ccccc1. The minimum Gasteiger partial charge on any atom is -0.341 e. The van der Waals surface area contributed by atoms with Gasteiger partial charge < -0.3 is 9.42 Å². The summed E-state index contributed by atoms with van der Waals surface area (Å²) in [6.45, 7) is 6.17. The van der Waals surface area contributed by atoms with E-state index in [1.165, 1.54) is 0 Å². The van der Waals surface area contributed by atoms with Crippen molar-refractivity contribution in [2.75, 3.05) is 26.7 Å². The van der Waals surface area contributed by atoms with Crippen LogP contribution in [-0.2, 0) is 4.79 Å². The van der Waals surface area contributed by atoms with Crippen LogP contribution < -0.4 is 0 Å². The number of aryl methyl sites for hydroxylation is 1. The zero-order valence-corrected chi connectivity index (χ0v) is 15.2. The molecule has 0 aliphatic carbocycles. The summed E-state index contributed by atoms with van der Waals surface area (Å²) in [5.41, 5.74) is 1.05. The van der Waals surface area contributed by atoms with E-state index in [1.54, 1.807) is 6.92 Å². The highest BCUT2D eigenvalue weighted by atomic mass is 16.5. The maximum absolute atomic E-state index is 13.2. The molecule has 1 saturated heterocycles. The predicted octanol–water partition coefficient (Wildman–Crippen LogP) is 2.78. The number of likely N-dealkylation sites (tertiary alicyclic amines) is 1. The second-order valence-electron chi connectivity index (χ2n) is 6.66. The Kier molecular flexibility index (Phi) is 5.48. The van der Waals surface area contributed by atoms with Crippen molar-refractivity contribution in [1.29, 1.82) is 0 Å². The number of amides is 1. The maximum atomic E-state index is 13.2. The van der Waals surface area contributed by atoms with Gasteiger partial charge in [-0.05, 0) is 32.0 Å². The number of carbonyl (C=O) groups is 1. The number of piperidine rings is 1. The van der Waals surface area contributed by atoms with Crippen LogP contribution in [0.4, 0.5) is 0 Å². The minimum absolute atomic E-state index is 0.179. The van der Waals surface area contributed by atoms with Crippen molar-refractivity contribution in [3.8, 4) is 0 Å². The Morgan fingerprint density at radius 2 is 2.00 bits per heavy atom. The highest BCUT2D eigenvalue weighted by Crippen LogP contribution is 2.29. The molecule has 1 amide bonds. The molecular weight excluding hydrogens is 316 g/mol. The molecule has 1 aromatic heterocycles. The van der Waals surface area contributed by atoms with E-state index in [-0.39, 0.29) is 17.9 Å². The van der Waals surface area contributed by atoms with E-state index in [0.29, 0.717) is 5.89 Å². The van der Waals surface area contributed by atoms with E-state index in [9.17, 15) is 4.79 Å². The van der Waals surface area contributed by atoms with Gasteiger partial charge in [0.25, 0.3) is 0 Å². The quantitative estimate of drug-likeness (QED) is 0.836. The summed E-state index contributed by atoms with van der Waals surface area (Å²) in [6.07, 6.45) is 1.75. The fourth-order valence-electron chi connectivity index (χ4n) is 3.42. The summed E-state index contributed by atoms with van der Waals surface area (Å²) >= 11 is 0. The van der Waals surface area contributed by atoms with Gasteiger partial charge in [0.2, 0.25) is 11.8 Å². The van der Waals surface area contributed by atoms with Crippen LogP contribution in [0.25, 0.3) is 0 Å². The van der Waals surface area contributed by atoms with Gasteiger partial charge >= 0.3 is 0 Å². The number of nitrogens with zero attached hydrogens (tertiary/aromatic N) is 4. The molecule has 3 rings (SSSR count). The first-order valence-corrected chi connectivity index (χ1v) is 8.94. The molecule has 0 spiro atoms. The van der Waals surface area contributed by atoms with E-state index in [1.807, 2.05) is 42.3 Å². The number of benzene rings is 1. The number of aromatic nitrogens is 2. The maximum Gasteiger partial charge on any atom is 0.244 e. The van der Waals surface area contributed by atoms with Crippen LogP contribution in [0.15, 0.2) is 34.9 Å². The highest BCUT2D eigenvalue weighted by Gasteiger charge is 2.32. The van der Waals surface area contributed by atoms with Gasteiger partial charge in [-0.15, -0.1) is 0 Å². The first-order chi connectivity index (χ1) is 12.1. The average molecular weight is 342 g/mol. The van der Waals surface area contributed by atoms with Crippen LogP contribution in [-0.4, -0.2) is 52.5 Å². The molecule has 0 radical (unpaired) electrons. The molecule has 2 heterocycles. The molecule has 1 fully saturated rings. The van der Waals surface area contributed by atoms with Gasteiger partial charge in [0.1, 0.15) is 6.04 Å². The van der Waals surface area contributed by atoms with Gasteiger partial charge in [-0.2, -0.15) is 4.98 Å². The lowest BCUT2D eigenvalue weighted by atomic mass is 9.95. The lowest BCUT2D eigenvalue weighted by Gasteiger charge is -2.36. The average Bonchev–Trinajstić information content (AvgIpc) is 3.09. The molecule has 1 aliphatic rings. The zero-order valence-electron chi connectivity index (χ0n) is 15.2. The zero-order chi connectivity index (χ0) is 17.8. The van der Waals surface area contributed by atoms with E-state index >= 15 is 0 Å². The summed E-state index contributed by atoms with van der Waals surface area (Å²) in [5, 5.41) is 4.04. The van der Waals surface area contributed by atoms with E-state index in [0.717, 1.165) is 43.9 Å². The van der Waals surface area contributed by atoms with Crippen LogP contribution in [0.5, 0.6) is 0 Å². The van der Waals surface area contributed by atoms with Crippen LogP contribution in [0, 0.1) is 6.92 Å². The van der Waals surface area contributed by atoms with Gasteiger partial charge in [0.05, 0.1) is 0 Å². The van der Waals surface area contributed by atoms with Crippen molar-refractivity contribution < 1.29 is 9.32 Å². The van der Waals surface area contributed by atoms with Gasteiger partial charge in [-0.25, -0.2) is 0 Å². The second kappa shape index (κ2) is 7.78. The lowest BCUT2D eigenvalue weighted by molar-refractivity contribution is -0.137. The van der Waals surface area contributed by atoms with Crippen molar-refractivity contribution in [3.05, 3.63) is 47.6 Å². The molecular formula is C19H26N4O2. The third-order valence-corrected chi connectivity index (χ3v) is 5.00. The Morgan fingerprint density at radius 1 is 1.32 bits per heavy atom. The Labute approximate surface area is 148 Å². The van der Waals surface area contributed by atoms with E-state index in [4.69, 9.17) is 4.52 Å². The van der Waals surface area contributed by atoms with Crippen molar-refractivity contribution in [1.82, 2.24) is 19.9 Å². The Bertz CT molecular complexity index is 692. The van der Waals surface area contributed by atoms with Crippen molar-refractivity contribution in [2.24, 2.45) is 0 Å². The van der Waals surface area contributed by atoms with Gasteiger partial charge in [-0.1, -0.05) is 42.4 Å². The number of hydrogen-bond donors (Lipinski definition) is 0. The molecule has 134 valence electrons. The number of carbonyl (C=O) groups excluding carboxylic acids is 1. The topological polar surface area (TPSA) is 62.5 Å². The monoisotopic (exact) mass is 342 g/mol. The Morgan fingerprint density at radius 3 is 2.56 bits per heavy atom. The van der Waals surface area contributed by atoms with Crippen LogP contribution in [0.3, 0.4) is 0 Å². The standard InChI is InChI=1S/C19H26N4O2/c1-4-22(3)17(15-8-6-5-7-9-15)19(24)23-12-10-16(11-13-23)18-20-14(2)25-21-18/h5-9,16-17H,4,10-13H2,1-3H3/t17-/m1/s1. The first kappa shape index (κ1) is 17.6. The van der Waals surface area contributed by atoms with Crippen LogP contribution in [0.1, 0.15) is 49.0 Å². The summed E-state index contributed by atoms with van der Waals surface area (Å²) in [4.78, 5) is 21.6. The van der Waals surface area contributed by atoms with E-state index in [2.05, 4.69) is 22.0 Å². The summed E-state index contributed by atoms with van der Waals surface area (Å²) in [6, 6.07) is 9.80. The van der Waals surface area contributed by atoms with Crippen molar-refractivity contribution in [3.63, 3.8) is 0 Å². The molecule has 0 unspecified atom stereocenters. The fourth-order valence-corrected chi connectivity index (χ4v) is 3.42. The summed E-state index contributed by atoms with van der Waals surface area (Å²) in [5.74, 6) is 1.83. The molecule has 0 N–H and O–H groups in total. The molecule has 0 bridgehead atoms. The van der Waals surface area contributed by atoms with E-state index < -0.39 is 0 Å². The van der Waals surface area contributed by atoms with Gasteiger partial charge in [0.15, 0.2) is 5.82 Å². The van der Waals surface area contributed by atoms with Gasteiger partial charge in [0, 0.05) is 25.9 Å². The molecule has 0 saturated carbocycles. The molecule has 25 heavy (non-hydrogen) atoms. The highest BCUT2D eigenvalue weighted by molar-refractivity contribution is 5.83. The smallest absolute Gasteiger partial charge is 0.244 e. The Balaban J connectivity index is 1.69. The van der Waals surface area contributed by atoms with Crippen molar-refractivity contribution in [2.45, 2.75) is 38.6 Å². The minimum atomic E-state index is -0.227. The number of likely N-dealkylation sites (N-methyl/N-ethyl adjacent to an activating group) is 1. The molecule has 2 aromatic rings. The molecule has 1 atom stereocenters. The molecule has 6 nitrogen and oxygen atoms in total. The number of rotatable bonds is 5. The second-order valence-corrected chi connectivity index (χ2v) is 6.66. The van der Waals surface area contributed by atoms with Crippen LogP contribution in [0.2, 0.25) is 0 Å². The third kappa shape index (κ3) is 3.90. The van der Waals surface area contributed by atoms with Crippen molar-refractivity contribution >= 4 is 5.91 Å². The largest absolute Gasteiger partial charge is 0.341 e.